The fourth-order valence-electron chi connectivity index (χ4n) is 0.271. The number of aliphatic imine (C=N–C) groups is 1. The highest BCUT2D eigenvalue weighted by atomic mass is 19.4. The average molecular weight is 164 g/mol. The van der Waals surface area contributed by atoms with Crippen LogP contribution in [0.4, 0.5) is 13.2 Å². The minimum Gasteiger partial charge on any atom is -0.307 e. The molecule has 0 aromatic rings. The van der Waals surface area contributed by atoms with E-state index < -0.39 is 11.7 Å². The average Bonchev–Trinajstić information content (AvgIpc) is 1.86. The number of rotatable bonds is 2. The van der Waals surface area contributed by atoms with Gasteiger partial charge in [0.25, 0.3) is 0 Å². The molecule has 0 bridgehead atoms. The molecule has 1 N–H and O–H groups in total. The van der Waals surface area contributed by atoms with Crippen molar-refractivity contribution in [2.75, 3.05) is 0 Å². The summed E-state index contributed by atoms with van der Waals surface area (Å²) >= 11 is 0. The van der Waals surface area contributed by atoms with Gasteiger partial charge in [0.1, 0.15) is 0 Å². The summed E-state index contributed by atoms with van der Waals surface area (Å²) in [5.41, 5.74) is -0.782. The van der Waals surface area contributed by atoms with Crippen LogP contribution in [-0.4, -0.2) is 18.6 Å². The molecule has 0 aliphatic heterocycles. The highest BCUT2D eigenvalue weighted by Gasteiger charge is 2.29. The smallest absolute Gasteiger partial charge is 0.307 e. The maximum Gasteiger partial charge on any atom is 0.413 e. The van der Waals surface area contributed by atoms with Crippen molar-refractivity contribution in [1.82, 2.24) is 0 Å². The number of nitrogens with zero attached hydrogens (tertiary/aromatic N) is 1. The molecule has 5 heteroatoms. The minimum atomic E-state index is -4.32. The summed E-state index contributed by atoms with van der Waals surface area (Å²) in [5.74, 6) is 0. The lowest BCUT2D eigenvalue weighted by Crippen LogP contribution is -2.08. The van der Waals surface area contributed by atoms with Crippen LogP contribution in [-0.2, 0) is 0 Å². The van der Waals surface area contributed by atoms with Gasteiger partial charge >= 0.3 is 6.18 Å². The van der Waals surface area contributed by atoms with Crippen LogP contribution in [0.3, 0.4) is 0 Å². The highest BCUT2D eigenvalue weighted by Crippen LogP contribution is 2.24. The minimum absolute atomic E-state index is 0.672. The Bertz CT molecular complexity index is 190. The van der Waals surface area contributed by atoms with Gasteiger partial charge in [-0.1, -0.05) is 0 Å². The van der Waals surface area contributed by atoms with Crippen LogP contribution in [0.5, 0.6) is 0 Å². The molecule has 0 saturated heterocycles. The molecule has 2 nitrogen and oxygen atoms in total. The van der Waals surface area contributed by atoms with E-state index in [-0.39, 0.29) is 0 Å². The van der Waals surface area contributed by atoms with Crippen LogP contribution in [0, 0.1) is 5.41 Å². The van der Waals surface area contributed by atoms with Crippen LogP contribution in [0.1, 0.15) is 6.92 Å². The molecule has 62 valence electrons. The number of hydrogen-bond acceptors (Lipinski definition) is 2. The maximum atomic E-state index is 11.7. The van der Waals surface area contributed by atoms with Gasteiger partial charge in [-0.05, 0) is 6.92 Å². The summed E-state index contributed by atoms with van der Waals surface area (Å²) in [6.07, 6.45) is -1.88. The van der Waals surface area contributed by atoms with Crippen molar-refractivity contribution in [3.05, 3.63) is 11.8 Å². The number of halogens is 3. The normalized spacial score (nSPS) is 14.0. The Morgan fingerprint density at radius 2 is 2.00 bits per heavy atom. The van der Waals surface area contributed by atoms with Gasteiger partial charge in [-0.2, -0.15) is 13.2 Å². The topological polar surface area (TPSA) is 36.2 Å². The molecular weight excluding hydrogens is 157 g/mol. The molecule has 0 rings (SSSR count). The molecule has 0 radical (unpaired) electrons. The van der Waals surface area contributed by atoms with E-state index in [0.29, 0.717) is 6.20 Å². The van der Waals surface area contributed by atoms with Gasteiger partial charge < -0.3 is 5.41 Å². The monoisotopic (exact) mass is 164 g/mol. The van der Waals surface area contributed by atoms with Crippen molar-refractivity contribution >= 4 is 12.4 Å². The Balaban J connectivity index is 4.23. The van der Waals surface area contributed by atoms with Gasteiger partial charge in [-0.15, -0.1) is 0 Å². The van der Waals surface area contributed by atoms with Gasteiger partial charge in [-0.3, -0.25) is 4.99 Å². The summed E-state index contributed by atoms with van der Waals surface area (Å²) in [7, 11) is 0. The standard InChI is InChI=1S/C6H7F3N2/c1-5(6(7,8)9)4-11-3-2-10/h2-4,10H,1H3/b5-4+,10-2?,11-3?. The molecule has 0 aromatic carbocycles. The molecular formula is C6H7F3N2. The summed E-state index contributed by atoms with van der Waals surface area (Å²) in [4.78, 5) is 3.21. The Kier molecular flexibility index (Phi) is 3.50. The third-order valence-electron chi connectivity index (χ3n) is 0.876. The first-order valence-corrected chi connectivity index (χ1v) is 2.74. The lowest BCUT2D eigenvalue weighted by atomic mass is 10.3. The van der Waals surface area contributed by atoms with Gasteiger partial charge in [0.05, 0.1) is 0 Å². The van der Waals surface area contributed by atoms with E-state index in [0.717, 1.165) is 19.4 Å². The van der Waals surface area contributed by atoms with Crippen molar-refractivity contribution in [3.63, 3.8) is 0 Å². The van der Waals surface area contributed by atoms with E-state index in [2.05, 4.69) is 4.99 Å². The molecule has 0 atom stereocenters. The van der Waals surface area contributed by atoms with Gasteiger partial charge in [0, 0.05) is 24.2 Å². The molecule has 0 aliphatic rings. The zero-order valence-electron chi connectivity index (χ0n) is 5.81. The number of hydrogen-bond donors (Lipinski definition) is 1. The molecule has 0 aromatic heterocycles. The quantitative estimate of drug-likeness (QED) is 0.607. The zero-order chi connectivity index (χ0) is 8.91. The Morgan fingerprint density at radius 1 is 1.45 bits per heavy atom. The van der Waals surface area contributed by atoms with Gasteiger partial charge in [0.2, 0.25) is 0 Å². The van der Waals surface area contributed by atoms with E-state index in [4.69, 9.17) is 5.41 Å². The number of alkyl halides is 3. The number of allylic oxidation sites excluding steroid dienone is 1. The van der Waals surface area contributed by atoms with Crippen molar-refractivity contribution in [2.45, 2.75) is 13.1 Å². The van der Waals surface area contributed by atoms with Crippen LogP contribution in [0.2, 0.25) is 0 Å². The lowest BCUT2D eigenvalue weighted by Gasteiger charge is -2.03. The summed E-state index contributed by atoms with van der Waals surface area (Å²) in [6, 6.07) is 0. The second-order valence-corrected chi connectivity index (χ2v) is 1.77. The van der Waals surface area contributed by atoms with Gasteiger partial charge in [0.15, 0.2) is 0 Å². The largest absolute Gasteiger partial charge is 0.413 e. The van der Waals surface area contributed by atoms with E-state index >= 15 is 0 Å². The molecule has 0 saturated carbocycles. The molecule has 0 heterocycles. The van der Waals surface area contributed by atoms with Crippen LogP contribution < -0.4 is 0 Å². The van der Waals surface area contributed by atoms with E-state index in [1.165, 1.54) is 0 Å². The first-order chi connectivity index (χ1) is 4.98. The maximum absolute atomic E-state index is 11.7. The first-order valence-electron chi connectivity index (χ1n) is 2.74. The van der Waals surface area contributed by atoms with Gasteiger partial charge in [-0.25, -0.2) is 0 Å². The number of nitrogens with one attached hydrogen (secondary N) is 1. The fourth-order valence-corrected chi connectivity index (χ4v) is 0.271. The van der Waals surface area contributed by atoms with Crippen LogP contribution >= 0.6 is 0 Å². The fraction of sp³-hybridized carbons (Fsp3) is 0.333. The second-order valence-electron chi connectivity index (χ2n) is 1.77. The van der Waals surface area contributed by atoms with Crippen molar-refractivity contribution < 1.29 is 13.2 Å². The molecule has 0 spiro atoms. The van der Waals surface area contributed by atoms with Crippen molar-refractivity contribution in [1.29, 1.82) is 5.41 Å². The van der Waals surface area contributed by atoms with E-state index in [1.807, 2.05) is 0 Å². The SMILES string of the molecule is C/C(=C\N=CC=N)C(F)(F)F. The third kappa shape index (κ3) is 4.30. The predicted octanol–water partition coefficient (Wildman–Crippen LogP) is 2.17. The van der Waals surface area contributed by atoms with Crippen LogP contribution in [0.15, 0.2) is 16.8 Å². The van der Waals surface area contributed by atoms with E-state index in [9.17, 15) is 13.2 Å². The predicted molar refractivity (Wildman–Crippen MR) is 37.1 cm³/mol. The zero-order valence-corrected chi connectivity index (χ0v) is 5.81. The highest BCUT2D eigenvalue weighted by molar-refractivity contribution is 6.14. The Morgan fingerprint density at radius 3 is 2.36 bits per heavy atom. The Labute approximate surface area is 62.0 Å². The third-order valence-corrected chi connectivity index (χ3v) is 0.876. The summed E-state index contributed by atoms with van der Waals surface area (Å²) < 4.78 is 35.0. The van der Waals surface area contributed by atoms with Crippen molar-refractivity contribution in [2.24, 2.45) is 4.99 Å². The molecule has 0 amide bonds. The lowest BCUT2D eigenvalue weighted by molar-refractivity contribution is -0.0914. The van der Waals surface area contributed by atoms with Crippen LogP contribution in [0.25, 0.3) is 0 Å². The van der Waals surface area contributed by atoms with E-state index in [1.54, 1.807) is 0 Å². The Hall–Kier alpha value is -1.13. The molecule has 0 aliphatic carbocycles. The second kappa shape index (κ2) is 3.90. The first kappa shape index (κ1) is 9.87. The summed E-state index contributed by atoms with van der Waals surface area (Å²) in [6.45, 7) is 0.918. The summed E-state index contributed by atoms with van der Waals surface area (Å²) in [5, 5.41) is 6.42. The van der Waals surface area contributed by atoms with Crippen molar-refractivity contribution in [3.8, 4) is 0 Å². The molecule has 11 heavy (non-hydrogen) atoms. The molecule has 0 unspecified atom stereocenters. The molecule has 0 fully saturated rings.